The second kappa shape index (κ2) is 6.74. The summed E-state index contributed by atoms with van der Waals surface area (Å²) in [6.07, 6.45) is 3.74. The zero-order chi connectivity index (χ0) is 12.7. The molecule has 0 spiro atoms. The van der Waals surface area contributed by atoms with Crippen LogP contribution >= 0.6 is 0 Å². The minimum atomic E-state index is 0.0580. The number of amides is 1. The molecular formula is C14H20N2O. The molecule has 0 fully saturated rings. The summed E-state index contributed by atoms with van der Waals surface area (Å²) in [5, 5.41) is 2.92. The average Bonchev–Trinajstić information content (AvgIpc) is 2.28. The van der Waals surface area contributed by atoms with Gasteiger partial charge in [-0.25, -0.2) is 0 Å². The van der Waals surface area contributed by atoms with Gasteiger partial charge in [-0.1, -0.05) is 24.3 Å². The van der Waals surface area contributed by atoms with Crippen LogP contribution < -0.4 is 11.1 Å². The Kier molecular flexibility index (Phi) is 5.27. The number of benzene rings is 1. The van der Waals surface area contributed by atoms with E-state index in [2.05, 4.69) is 11.9 Å². The molecule has 0 aromatic heterocycles. The van der Waals surface area contributed by atoms with E-state index in [0.717, 1.165) is 17.7 Å². The molecule has 1 atom stereocenters. The molecule has 3 nitrogen and oxygen atoms in total. The topological polar surface area (TPSA) is 55.1 Å². The van der Waals surface area contributed by atoms with Crippen molar-refractivity contribution >= 4 is 11.6 Å². The van der Waals surface area contributed by atoms with Gasteiger partial charge in [0.2, 0.25) is 5.91 Å². The third kappa shape index (κ3) is 4.72. The smallest absolute Gasteiger partial charge is 0.220 e. The van der Waals surface area contributed by atoms with Gasteiger partial charge in [0.05, 0.1) is 0 Å². The van der Waals surface area contributed by atoms with Crippen LogP contribution in [0, 0.1) is 0 Å². The molecule has 1 aromatic carbocycles. The second-order valence-electron chi connectivity index (χ2n) is 4.19. The zero-order valence-corrected chi connectivity index (χ0v) is 10.3. The van der Waals surface area contributed by atoms with Crippen LogP contribution in [-0.4, -0.2) is 11.9 Å². The number of hydrogen-bond donors (Lipinski definition) is 2. The van der Waals surface area contributed by atoms with Crippen LogP contribution in [0.25, 0.3) is 0 Å². The molecule has 92 valence electrons. The summed E-state index contributed by atoms with van der Waals surface area (Å²) in [7, 11) is 0. The van der Waals surface area contributed by atoms with Crippen molar-refractivity contribution in [3.63, 3.8) is 0 Å². The van der Waals surface area contributed by atoms with E-state index in [-0.39, 0.29) is 11.9 Å². The normalized spacial score (nSPS) is 11.8. The van der Waals surface area contributed by atoms with Gasteiger partial charge in [-0.2, -0.15) is 0 Å². The van der Waals surface area contributed by atoms with Gasteiger partial charge in [0.1, 0.15) is 0 Å². The molecule has 0 aliphatic heterocycles. The number of nitrogen functional groups attached to an aromatic ring is 1. The number of hydrogen-bond acceptors (Lipinski definition) is 2. The molecule has 3 heteroatoms. The van der Waals surface area contributed by atoms with Crippen molar-refractivity contribution in [1.29, 1.82) is 0 Å². The molecule has 0 bridgehead atoms. The van der Waals surface area contributed by atoms with Crippen molar-refractivity contribution < 1.29 is 4.79 Å². The summed E-state index contributed by atoms with van der Waals surface area (Å²) in [4.78, 5) is 11.6. The minimum absolute atomic E-state index is 0.0580. The number of para-hydroxylation sites is 1. The molecule has 0 heterocycles. The van der Waals surface area contributed by atoms with Crippen molar-refractivity contribution in [2.75, 3.05) is 5.73 Å². The van der Waals surface area contributed by atoms with Crippen LogP contribution in [0.5, 0.6) is 0 Å². The first-order chi connectivity index (χ1) is 8.13. The summed E-state index contributed by atoms with van der Waals surface area (Å²) in [5.41, 5.74) is 7.59. The van der Waals surface area contributed by atoms with Gasteiger partial charge in [-0.3, -0.25) is 4.79 Å². The summed E-state index contributed by atoms with van der Waals surface area (Å²) in [6.45, 7) is 5.61. The Hall–Kier alpha value is -1.77. The van der Waals surface area contributed by atoms with Gasteiger partial charge in [0, 0.05) is 18.2 Å². The number of nitrogens with two attached hydrogens (primary N) is 1. The Morgan fingerprint density at radius 1 is 1.53 bits per heavy atom. The Morgan fingerprint density at radius 2 is 2.24 bits per heavy atom. The molecule has 0 aliphatic rings. The van der Waals surface area contributed by atoms with Crippen LogP contribution in [0.4, 0.5) is 5.69 Å². The third-order valence-electron chi connectivity index (χ3n) is 2.60. The van der Waals surface area contributed by atoms with E-state index in [0.29, 0.717) is 12.8 Å². The first-order valence-corrected chi connectivity index (χ1v) is 5.87. The first-order valence-electron chi connectivity index (χ1n) is 5.87. The SMILES string of the molecule is C=CCC(C)NC(=O)CCc1ccccc1N. The first kappa shape index (κ1) is 13.3. The monoisotopic (exact) mass is 232 g/mol. The lowest BCUT2D eigenvalue weighted by atomic mass is 10.1. The molecule has 1 amide bonds. The Bertz CT molecular complexity index is 388. The average molecular weight is 232 g/mol. The molecule has 17 heavy (non-hydrogen) atoms. The Balaban J connectivity index is 2.38. The van der Waals surface area contributed by atoms with E-state index in [1.54, 1.807) is 6.08 Å². The van der Waals surface area contributed by atoms with E-state index in [1.165, 1.54) is 0 Å². The van der Waals surface area contributed by atoms with Gasteiger partial charge in [0.15, 0.2) is 0 Å². The predicted octanol–water partition coefficient (Wildman–Crippen LogP) is 2.28. The van der Waals surface area contributed by atoms with Crippen molar-refractivity contribution in [1.82, 2.24) is 5.32 Å². The van der Waals surface area contributed by atoms with Crippen LogP contribution in [-0.2, 0) is 11.2 Å². The molecule has 1 aromatic rings. The maximum Gasteiger partial charge on any atom is 0.220 e. The largest absolute Gasteiger partial charge is 0.399 e. The van der Waals surface area contributed by atoms with E-state index in [4.69, 9.17) is 5.73 Å². The van der Waals surface area contributed by atoms with Gasteiger partial charge in [-0.15, -0.1) is 6.58 Å². The highest BCUT2D eigenvalue weighted by Gasteiger charge is 2.07. The van der Waals surface area contributed by atoms with Gasteiger partial charge < -0.3 is 11.1 Å². The predicted molar refractivity (Wildman–Crippen MR) is 71.6 cm³/mol. The highest BCUT2D eigenvalue weighted by Crippen LogP contribution is 2.12. The van der Waals surface area contributed by atoms with E-state index in [9.17, 15) is 4.79 Å². The number of carbonyl (C=O) groups is 1. The fraction of sp³-hybridized carbons (Fsp3) is 0.357. The van der Waals surface area contributed by atoms with E-state index < -0.39 is 0 Å². The molecule has 0 radical (unpaired) electrons. The molecular weight excluding hydrogens is 212 g/mol. The molecule has 1 rings (SSSR count). The summed E-state index contributed by atoms with van der Waals surface area (Å²) < 4.78 is 0. The summed E-state index contributed by atoms with van der Waals surface area (Å²) in [5.74, 6) is 0.0580. The minimum Gasteiger partial charge on any atom is -0.399 e. The van der Waals surface area contributed by atoms with Crippen molar-refractivity contribution in [2.24, 2.45) is 0 Å². The molecule has 1 unspecified atom stereocenters. The number of carbonyl (C=O) groups excluding carboxylic acids is 1. The highest BCUT2D eigenvalue weighted by molar-refractivity contribution is 5.76. The second-order valence-corrected chi connectivity index (χ2v) is 4.19. The quantitative estimate of drug-likeness (QED) is 0.584. The van der Waals surface area contributed by atoms with Gasteiger partial charge in [0.25, 0.3) is 0 Å². The lowest BCUT2D eigenvalue weighted by Gasteiger charge is -2.12. The molecule has 3 N–H and O–H groups in total. The maximum absolute atomic E-state index is 11.6. The maximum atomic E-state index is 11.6. The Labute approximate surface area is 103 Å². The molecule has 0 saturated heterocycles. The fourth-order valence-electron chi connectivity index (χ4n) is 1.67. The number of rotatable bonds is 6. The van der Waals surface area contributed by atoms with Gasteiger partial charge >= 0.3 is 0 Å². The Morgan fingerprint density at radius 3 is 2.88 bits per heavy atom. The third-order valence-corrected chi connectivity index (χ3v) is 2.60. The zero-order valence-electron chi connectivity index (χ0n) is 10.3. The van der Waals surface area contributed by atoms with Crippen LogP contribution in [0.3, 0.4) is 0 Å². The number of nitrogens with one attached hydrogen (secondary N) is 1. The van der Waals surface area contributed by atoms with Crippen LogP contribution in [0.1, 0.15) is 25.3 Å². The lowest BCUT2D eigenvalue weighted by Crippen LogP contribution is -2.32. The van der Waals surface area contributed by atoms with E-state index in [1.807, 2.05) is 31.2 Å². The van der Waals surface area contributed by atoms with Crippen molar-refractivity contribution in [3.05, 3.63) is 42.5 Å². The van der Waals surface area contributed by atoms with Crippen molar-refractivity contribution in [3.8, 4) is 0 Å². The van der Waals surface area contributed by atoms with Crippen LogP contribution in [0.2, 0.25) is 0 Å². The number of aryl methyl sites for hydroxylation is 1. The van der Waals surface area contributed by atoms with Crippen LogP contribution in [0.15, 0.2) is 36.9 Å². The highest BCUT2D eigenvalue weighted by atomic mass is 16.1. The summed E-state index contributed by atoms with van der Waals surface area (Å²) >= 11 is 0. The van der Waals surface area contributed by atoms with Gasteiger partial charge in [-0.05, 0) is 31.4 Å². The standard InChI is InChI=1S/C14H20N2O/c1-3-6-11(2)16-14(17)10-9-12-7-4-5-8-13(12)15/h3-5,7-8,11H,1,6,9-10,15H2,2H3,(H,16,17). The molecule has 0 saturated carbocycles. The lowest BCUT2D eigenvalue weighted by molar-refractivity contribution is -0.121. The summed E-state index contributed by atoms with van der Waals surface area (Å²) in [6, 6.07) is 7.78. The van der Waals surface area contributed by atoms with E-state index >= 15 is 0 Å². The molecule has 0 aliphatic carbocycles. The van der Waals surface area contributed by atoms with Crippen molar-refractivity contribution in [2.45, 2.75) is 32.2 Å². The fourth-order valence-corrected chi connectivity index (χ4v) is 1.67. The number of anilines is 1.